The molecule has 8 aromatic rings. The molecular formula is C59H55N9. The van der Waals surface area contributed by atoms with Crippen molar-refractivity contribution in [2.45, 2.75) is 34.6 Å². The molecule has 0 radical (unpaired) electrons. The average Bonchev–Trinajstić information content (AvgIpc) is 4.23. The van der Waals surface area contributed by atoms with Crippen molar-refractivity contribution in [3.63, 3.8) is 0 Å². The number of hydrogen-bond acceptors (Lipinski definition) is 8. The third-order valence-corrected chi connectivity index (χ3v) is 14.0. The Hall–Kier alpha value is -8.30. The Morgan fingerprint density at radius 1 is 0.265 bits per heavy atom. The first-order valence-electron chi connectivity index (χ1n) is 23.6. The van der Waals surface area contributed by atoms with Gasteiger partial charge in [-0.25, -0.2) is 0 Å². The summed E-state index contributed by atoms with van der Waals surface area (Å²) in [6, 6.07) is 53.9. The van der Waals surface area contributed by atoms with Gasteiger partial charge in [-0.3, -0.25) is 0 Å². The van der Waals surface area contributed by atoms with Gasteiger partial charge in [-0.1, -0.05) is 82.9 Å². The zero-order valence-electron chi connectivity index (χ0n) is 39.3. The Kier molecular flexibility index (Phi) is 10.0. The van der Waals surface area contributed by atoms with Crippen LogP contribution in [0.3, 0.4) is 0 Å². The highest BCUT2D eigenvalue weighted by Crippen LogP contribution is 2.42. The summed E-state index contributed by atoms with van der Waals surface area (Å²) >= 11 is 0. The van der Waals surface area contributed by atoms with Gasteiger partial charge in [0.2, 0.25) is 0 Å². The minimum Gasteiger partial charge on any atom is -0.328 e. The van der Waals surface area contributed by atoms with Crippen molar-refractivity contribution < 1.29 is 0 Å². The summed E-state index contributed by atoms with van der Waals surface area (Å²) in [6.07, 6.45) is 17.6. The number of nitrogens with zero attached hydrogens (tertiary/aromatic N) is 9. The van der Waals surface area contributed by atoms with E-state index in [1.165, 1.54) is 72.7 Å². The molecule has 336 valence electrons. The fraction of sp³-hybridized carbons (Fsp3) is 0.153. The fourth-order valence-electron chi connectivity index (χ4n) is 9.97. The molecule has 0 N–H and O–H groups in total. The van der Waals surface area contributed by atoms with Crippen molar-refractivity contribution in [1.29, 1.82) is 0 Å². The molecule has 0 bridgehead atoms. The zero-order chi connectivity index (χ0) is 46.0. The molecule has 9 heteroatoms. The predicted octanol–water partition coefficient (Wildman–Crippen LogP) is 13.3. The van der Waals surface area contributed by atoms with Crippen LogP contribution in [0.1, 0.15) is 27.8 Å². The first kappa shape index (κ1) is 41.2. The minimum atomic E-state index is 0.706. The molecular weight excluding hydrogens is 835 g/mol. The van der Waals surface area contributed by atoms with Crippen molar-refractivity contribution in [2.75, 3.05) is 65.9 Å². The average molecular weight is 890 g/mol. The van der Waals surface area contributed by atoms with Gasteiger partial charge in [0.15, 0.2) is 0 Å². The van der Waals surface area contributed by atoms with Crippen molar-refractivity contribution in [3.8, 4) is 5.69 Å². The molecule has 0 amide bonds. The van der Waals surface area contributed by atoms with E-state index in [-0.39, 0.29) is 0 Å². The summed E-state index contributed by atoms with van der Waals surface area (Å²) in [4.78, 5) is 18.7. The van der Waals surface area contributed by atoms with Gasteiger partial charge in [0, 0.05) is 106 Å². The molecule has 0 saturated heterocycles. The zero-order valence-corrected chi connectivity index (χ0v) is 39.3. The quantitative estimate of drug-likeness (QED) is 0.142. The van der Waals surface area contributed by atoms with E-state index >= 15 is 0 Å². The van der Waals surface area contributed by atoms with E-state index in [0.717, 1.165) is 41.4 Å². The van der Waals surface area contributed by atoms with Crippen molar-refractivity contribution >= 4 is 67.3 Å². The first-order valence-corrected chi connectivity index (χ1v) is 23.6. The van der Waals surface area contributed by atoms with Crippen molar-refractivity contribution in [1.82, 2.24) is 4.57 Å². The number of aromatic nitrogens is 1. The molecule has 0 fully saturated rings. The normalized spacial score (nSPS) is 15.6. The molecule has 7 aromatic carbocycles. The summed E-state index contributed by atoms with van der Waals surface area (Å²) in [5, 5.41) is 2.43. The van der Waals surface area contributed by atoms with E-state index < -0.39 is 0 Å². The molecule has 9 nitrogen and oxygen atoms in total. The third-order valence-electron chi connectivity index (χ3n) is 14.0. The van der Waals surface area contributed by atoms with Crippen LogP contribution in [0, 0.1) is 34.6 Å². The van der Waals surface area contributed by atoms with Crippen LogP contribution in [-0.4, -0.2) is 31.2 Å². The number of rotatable bonds is 9. The minimum absolute atomic E-state index is 0.706. The van der Waals surface area contributed by atoms with Crippen molar-refractivity contribution in [2.24, 2.45) is 0 Å². The molecule has 0 spiro atoms. The highest BCUT2D eigenvalue weighted by atomic mass is 15.4. The Balaban J connectivity index is 0.992. The molecule has 0 unspecified atom stereocenters. The molecule has 0 saturated carbocycles. The van der Waals surface area contributed by atoms with E-state index in [0.29, 0.717) is 13.3 Å². The second kappa shape index (κ2) is 16.5. The van der Waals surface area contributed by atoms with E-state index in [1.807, 2.05) is 0 Å². The van der Waals surface area contributed by atoms with Crippen LogP contribution in [0.4, 0.5) is 45.5 Å². The number of benzene rings is 7. The second-order valence-corrected chi connectivity index (χ2v) is 18.7. The molecule has 12 rings (SSSR count). The number of anilines is 8. The lowest BCUT2D eigenvalue weighted by molar-refractivity contribution is 0.950. The van der Waals surface area contributed by atoms with E-state index in [1.54, 1.807) is 0 Å². The number of fused-ring (bicyclic) bond motifs is 3. The summed E-state index contributed by atoms with van der Waals surface area (Å²) in [6.45, 7) is 13.7. The van der Waals surface area contributed by atoms with Crippen LogP contribution in [-0.2, 0) is 0 Å². The van der Waals surface area contributed by atoms with Crippen molar-refractivity contribution in [3.05, 3.63) is 223 Å². The van der Waals surface area contributed by atoms with Gasteiger partial charge >= 0.3 is 0 Å². The molecule has 4 aliphatic rings. The molecule has 0 aliphatic carbocycles. The maximum atomic E-state index is 2.51. The summed E-state index contributed by atoms with van der Waals surface area (Å²) in [7, 11) is 0. The molecule has 5 heterocycles. The smallest absolute Gasteiger partial charge is 0.0989 e. The monoisotopic (exact) mass is 889 g/mol. The maximum Gasteiger partial charge on any atom is 0.0989 e. The lowest BCUT2D eigenvalue weighted by Gasteiger charge is -2.29. The molecule has 0 atom stereocenters. The number of aryl methyl sites for hydroxylation is 4. The highest BCUT2D eigenvalue weighted by molar-refractivity contribution is 6.11. The van der Waals surface area contributed by atoms with E-state index in [9.17, 15) is 0 Å². The Morgan fingerprint density at radius 3 is 0.853 bits per heavy atom. The fourth-order valence-corrected chi connectivity index (χ4v) is 9.97. The lowest BCUT2D eigenvalue weighted by atomic mass is 10.1. The summed E-state index contributed by atoms with van der Waals surface area (Å²) < 4.78 is 2.51. The van der Waals surface area contributed by atoms with Gasteiger partial charge < -0.3 is 43.8 Å². The largest absolute Gasteiger partial charge is 0.328 e. The number of hydrogen-bond donors (Lipinski definition) is 0. The summed E-state index contributed by atoms with van der Waals surface area (Å²) in [5.74, 6) is 0. The predicted molar refractivity (Wildman–Crippen MR) is 286 cm³/mol. The Morgan fingerprint density at radius 2 is 0.529 bits per heavy atom. The third kappa shape index (κ3) is 7.46. The van der Waals surface area contributed by atoms with Crippen LogP contribution in [0.5, 0.6) is 0 Å². The highest BCUT2D eigenvalue weighted by Gasteiger charge is 2.27. The van der Waals surface area contributed by atoms with Crippen LogP contribution in [0.25, 0.3) is 27.5 Å². The Labute approximate surface area is 399 Å². The molecule has 1 aromatic heterocycles. The topological polar surface area (TPSA) is 30.9 Å². The molecule has 68 heavy (non-hydrogen) atoms. The SMILES string of the molecule is Cc1ccc(N2C=CN(c3ccc4c5ccc(N6C=CN(c7ccc(C)cc7)C6)cc5n(-c5cc(N6C=CN(c7ccc(C)cc7)C6)c(C)c(N6C=CN(c7ccc(C)cc7)C6)c5)c4c3)C2)cc1. The lowest BCUT2D eigenvalue weighted by Crippen LogP contribution is -2.27. The van der Waals surface area contributed by atoms with Crippen LogP contribution < -0.4 is 39.2 Å². The van der Waals surface area contributed by atoms with Crippen LogP contribution >= 0.6 is 0 Å². The Bertz CT molecular complexity index is 3110. The standard InChI is InChI=1S/C59H55N9/c1-42-6-14-47(15-7-42)60-26-28-64(38-60)51-22-24-54-55-25-23-52(65-29-27-61(39-65)48-16-8-43(2)9-17-48)35-59(55)68(58(54)34-51)53-36-56(66-32-30-62(40-66)49-18-10-44(3)11-19-49)46(5)57(37-53)67-33-31-63(41-67)50-20-12-45(4)13-21-50/h6-37H,38-41H2,1-5H3. The van der Waals surface area contributed by atoms with Gasteiger partial charge in [-0.15, -0.1) is 0 Å². The van der Waals surface area contributed by atoms with E-state index in [2.05, 4.69) is 274 Å². The van der Waals surface area contributed by atoms with E-state index in [4.69, 9.17) is 0 Å². The second-order valence-electron chi connectivity index (χ2n) is 18.7. The van der Waals surface area contributed by atoms with Crippen LogP contribution in [0.2, 0.25) is 0 Å². The van der Waals surface area contributed by atoms with Gasteiger partial charge in [0.1, 0.15) is 0 Å². The molecule has 4 aliphatic heterocycles. The van der Waals surface area contributed by atoms with Gasteiger partial charge in [-0.05, 0) is 125 Å². The summed E-state index contributed by atoms with van der Waals surface area (Å²) in [5.41, 5.74) is 19.0. The van der Waals surface area contributed by atoms with Crippen LogP contribution in [0.15, 0.2) is 195 Å². The maximum absolute atomic E-state index is 2.51. The van der Waals surface area contributed by atoms with Gasteiger partial charge in [-0.2, -0.15) is 0 Å². The first-order chi connectivity index (χ1) is 33.2. The van der Waals surface area contributed by atoms with Gasteiger partial charge in [0.05, 0.1) is 43.4 Å². The van der Waals surface area contributed by atoms with Gasteiger partial charge in [0.25, 0.3) is 0 Å².